The van der Waals surface area contributed by atoms with E-state index in [4.69, 9.17) is 11.5 Å². The minimum absolute atomic E-state index is 0.102. The first-order valence-electron chi connectivity index (χ1n) is 7.00. The number of rotatable bonds is 5. The van der Waals surface area contributed by atoms with Crippen LogP contribution < -0.4 is 11.5 Å². The van der Waals surface area contributed by atoms with Crippen molar-refractivity contribution in [1.82, 2.24) is 14.8 Å². The van der Waals surface area contributed by atoms with Gasteiger partial charge in [-0.3, -0.25) is 19.5 Å². The van der Waals surface area contributed by atoms with Crippen LogP contribution in [0.25, 0.3) is 0 Å². The number of carbonyl (C=O) groups is 2. The molecule has 1 unspecified atom stereocenters. The summed E-state index contributed by atoms with van der Waals surface area (Å²) in [5, 5.41) is 0. The molecule has 2 amide bonds. The first kappa shape index (κ1) is 15.4. The molecule has 2 rings (SSSR count). The van der Waals surface area contributed by atoms with Crippen LogP contribution in [0.5, 0.6) is 0 Å². The summed E-state index contributed by atoms with van der Waals surface area (Å²) in [7, 11) is 0. The molecule has 0 saturated carbocycles. The molecule has 0 bridgehead atoms. The molecule has 0 spiro atoms. The van der Waals surface area contributed by atoms with E-state index in [9.17, 15) is 9.59 Å². The van der Waals surface area contributed by atoms with E-state index in [1.54, 1.807) is 11.1 Å². The largest absolute Gasteiger partial charge is 0.370 e. The Morgan fingerprint density at radius 1 is 1.29 bits per heavy atom. The van der Waals surface area contributed by atoms with Crippen LogP contribution in [0.15, 0.2) is 24.5 Å². The number of hydrogen-bond donors (Lipinski definition) is 2. The van der Waals surface area contributed by atoms with Crippen molar-refractivity contribution in [2.75, 3.05) is 26.2 Å². The minimum atomic E-state index is -0.827. The van der Waals surface area contributed by atoms with Crippen LogP contribution in [0.1, 0.15) is 12.0 Å². The van der Waals surface area contributed by atoms with Gasteiger partial charge in [-0.2, -0.15) is 0 Å². The summed E-state index contributed by atoms with van der Waals surface area (Å²) in [6.45, 7) is 3.62. The maximum atomic E-state index is 12.1. The van der Waals surface area contributed by atoms with Crippen molar-refractivity contribution in [1.29, 1.82) is 0 Å². The van der Waals surface area contributed by atoms with E-state index in [0.717, 1.165) is 25.2 Å². The normalized spacial score (nSPS) is 17.5. The third-order valence-corrected chi connectivity index (χ3v) is 3.55. The molecule has 1 aliphatic rings. The first-order chi connectivity index (χ1) is 10.1. The summed E-state index contributed by atoms with van der Waals surface area (Å²) in [4.78, 5) is 30.9. The van der Waals surface area contributed by atoms with Crippen LogP contribution in [-0.4, -0.2) is 58.8 Å². The lowest BCUT2D eigenvalue weighted by molar-refractivity contribution is -0.136. The molecule has 0 aliphatic carbocycles. The second kappa shape index (κ2) is 7.14. The quantitative estimate of drug-likeness (QED) is 0.718. The SMILES string of the molecule is NC(=O)CC(N)C(=O)N1CCN(Cc2cccnc2)CC1. The van der Waals surface area contributed by atoms with Crippen LogP contribution in [0.2, 0.25) is 0 Å². The number of aromatic nitrogens is 1. The van der Waals surface area contributed by atoms with Crippen molar-refractivity contribution in [3.63, 3.8) is 0 Å². The zero-order valence-electron chi connectivity index (χ0n) is 11.9. The minimum Gasteiger partial charge on any atom is -0.370 e. The molecular weight excluding hydrogens is 270 g/mol. The smallest absolute Gasteiger partial charge is 0.240 e. The van der Waals surface area contributed by atoms with E-state index in [1.807, 2.05) is 18.3 Å². The van der Waals surface area contributed by atoms with E-state index >= 15 is 0 Å². The van der Waals surface area contributed by atoms with Crippen LogP contribution in [0.4, 0.5) is 0 Å². The Morgan fingerprint density at radius 3 is 2.57 bits per heavy atom. The van der Waals surface area contributed by atoms with E-state index in [2.05, 4.69) is 9.88 Å². The van der Waals surface area contributed by atoms with Crippen molar-refractivity contribution in [2.45, 2.75) is 19.0 Å². The van der Waals surface area contributed by atoms with Gasteiger partial charge in [0, 0.05) is 45.1 Å². The van der Waals surface area contributed by atoms with Gasteiger partial charge < -0.3 is 16.4 Å². The Labute approximate surface area is 123 Å². The fraction of sp³-hybridized carbons (Fsp3) is 0.500. The Hall–Kier alpha value is -1.99. The Kier molecular flexibility index (Phi) is 5.24. The molecule has 114 valence electrons. The molecule has 1 saturated heterocycles. The van der Waals surface area contributed by atoms with Crippen LogP contribution in [0.3, 0.4) is 0 Å². The van der Waals surface area contributed by atoms with Gasteiger partial charge in [0.05, 0.1) is 12.5 Å². The summed E-state index contributed by atoms with van der Waals surface area (Å²) in [6.07, 6.45) is 3.50. The van der Waals surface area contributed by atoms with Gasteiger partial charge in [-0.15, -0.1) is 0 Å². The molecule has 2 heterocycles. The Morgan fingerprint density at radius 2 is 2.00 bits per heavy atom. The predicted octanol–water partition coefficient (Wildman–Crippen LogP) is -1.07. The van der Waals surface area contributed by atoms with Crippen molar-refractivity contribution in [2.24, 2.45) is 11.5 Å². The number of amides is 2. The van der Waals surface area contributed by atoms with Gasteiger partial charge in [0.1, 0.15) is 0 Å². The monoisotopic (exact) mass is 291 g/mol. The molecule has 0 aromatic carbocycles. The molecular formula is C14H21N5O2. The molecule has 1 fully saturated rings. The summed E-state index contributed by atoms with van der Waals surface area (Å²) in [5.74, 6) is -0.749. The maximum Gasteiger partial charge on any atom is 0.240 e. The number of piperazine rings is 1. The molecule has 7 nitrogen and oxygen atoms in total. The zero-order chi connectivity index (χ0) is 15.2. The van der Waals surface area contributed by atoms with Gasteiger partial charge in [-0.05, 0) is 11.6 Å². The van der Waals surface area contributed by atoms with Gasteiger partial charge in [0.25, 0.3) is 0 Å². The molecule has 4 N–H and O–H groups in total. The highest BCUT2D eigenvalue weighted by Gasteiger charge is 2.26. The number of primary amides is 1. The highest BCUT2D eigenvalue weighted by atomic mass is 16.2. The average molecular weight is 291 g/mol. The lowest BCUT2D eigenvalue weighted by atomic mass is 10.1. The maximum absolute atomic E-state index is 12.1. The molecule has 1 aromatic rings. The van der Waals surface area contributed by atoms with Crippen LogP contribution in [-0.2, 0) is 16.1 Å². The molecule has 21 heavy (non-hydrogen) atoms. The topological polar surface area (TPSA) is 106 Å². The van der Waals surface area contributed by atoms with Crippen LogP contribution >= 0.6 is 0 Å². The zero-order valence-corrected chi connectivity index (χ0v) is 11.9. The van der Waals surface area contributed by atoms with E-state index in [0.29, 0.717) is 13.1 Å². The molecule has 7 heteroatoms. The second-order valence-corrected chi connectivity index (χ2v) is 5.24. The van der Waals surface area contributed by atoms with Gasteiger partial charge in [0.15, 0.2) is 0 Å². The Bertz CT molecular complexity index is 485. The molecule has 1 aromatic heterocycles. The summed E-state index contributed by atoms with van der Waals surface area (Å²) in [5.41, 5.74) is 11.9. The molecule has 1 atom stereocenters. The summed E-state index contributed by atoms with van der Waals surface area (Å²) in [6, 6.07) is 3.12. The lowest BCUT2D eigenvalue weighted by Crippen LogP contribution is -2.53. The van der Waals surface area contributed by atoms with Gasteiger partial charge in [0.2, 0.25) is 11.8 Å². The fourth-order valence-electron chi connectivity index (χ4n) is 2.41. The van der Waals surface area contributed by atoms with Crippen LogP contribution in [0, 0.1) is 0 Å². The number of nitrogens with two attached hydrogens (primary N) is 2. The molecule has 0 radical (unpaired) electrons. The predicted molar refractivity (Wildman–Crippen MR) is 77.9 cm³/mol. The number of nitrogens with zero attached hydrogens (tertiary/aromatic N) is 3. The van der Waals surface area contributed by atoms with Crippen molar-refractivity contribution in [3.05, 3.63) is 30.1 Å². The average Bonchev–Trinajstić information content (AvgIpc) is 2.47. The molecule has 1 aliphatic heterocycles. The van der Waals surface area contributed by atoms with Gasteiger partial charge >= 0.3 is 0 Å². The van der Waals surface area contributed by atoms with E-state index < -0.39 is 11.9 Å². The van der Waals surface area contributed by atoms with E-state index in [1.165, 1.54) is 0 Å². The fourth-order valence-corrected chi connectivity index (χ4v) is 2.41. The van der Waals surface area contributed by atoms with Gasteiger partial charge in [-0.1, -0.05) is 6.07 Å². The number of hydrogen-bond acceptors (Lipinski definition) is 5. The third kappa shape index (κ3) is 4.51. The highest BCUT2D eigenvalue weighted by molar-refractivity contribution is 5.87. The summed E-state index contributed by atoms with van der Waals surface area (Å²) < 4.78 is 0. The van der Waals surface area contributed by atoms with Crippen molar-refractivity contribution in [3.8, 4) is 0 Å². The number of pyridine rings is 1. The van der Waals surface area contributed by atoms with Crippen molar-refractivity contribution < 1.29 is 9.59 Å². The highest BCUT2D eigenvalue weighted by Crippen LogP contribution is 2.09. The standard InChI is InChI=1S/C14H21N5O2/c15-12(8-13(16)20)14(21)19-6-4-18(5-7-19)10-11-2-1-3-17-9-11/h1-3,9,12H,4-8,10,15H2,(H2,16,20). The second-order valence-electron chi connectivity index (χ2n) is 5.24. The van der Waals surface area contributed by atoms with Crippen molar-refractivity contribution >= 4 is 11.8 Å². The lowest BCUT2D eigenvalue weighted by Gasteiger charge is -2.35. The number of carbonyl (C=O) groups excluding carboxylic acids is 2. The van der Waals surface area contributed by atoms with E-state index in [-0.39, 0.29) is 12.3 Å². The first-order valence-corrected chi connectivity index (χ1v) is 7.00. The third-order valence-electron chi connectivity index (χ3n) is 3.55. The van der Waals surface area contributed by atoms with Gasteiger partial charge in [-0.25, -0.2) is 0 Å². The summed E-state index contributed by atoms with van der Waals surface area (Å²) >= 11 is 0. The Balaban J connectivity index is 1.80.